The van der Waals surface area contributed by atoms with Gasteiger partial charge < -0.3 is 10.0 Å². The number of carbonyl (C=O) groups excluding carboxylic acids is 1. The van der Waals surface area contributed by atoms with Gasteiger partial charge in [-0.05, 0) is 63.0 Å². The highest BCUT2D eigenvalue weighted by molar-refractivity contribution is 5.95. The highest BCUT2D eigenvalue weighted by Crippen LogP contribution is 2.37. The van der Waals surface area contributed by atoms with Gasteiger partial charge in [0.05, 0.1) is 11.5 Å². The van der Waals surface area contributed by atoms with Crippen LogP contribution < -0.4 is 11.2 Å². The van der Waals surface area contributed by atoms with Gasteiger partial charge in [-0.25, -0.2) is 9.78 Å². The molecular formula is C21H28N4O4. The second kappa shape index (κ2) is 7.74. The fourth-order valence-electron chi connectivity index (χ4n) is 5.09. The summed E-state index contributed by atoms with van der Waals surface area (Å²) in [5.74, 6) is 0.415. The molecule has 1 saturated carbocycles. The fourth-order valence-corrected chi connectivity index (χ4v) is 5.09. The zero-order valence-corrected chi connectivity index (χ0v) is 16.9. The van der Waals surface area contributed by atoms with E-state index in [4.69, 9.17) is 0 Å². The van der Waals surface area contributed by atoms with E-state index in [2.05, 4.69) is 21.9 Å². The Morgan fingerprint density at radius 2 is 2.00 bits per heavy atom. The summed E-state index contributed by atoms with van der Waals surface area (Å²) in [6.07, 6.45) is 5.17. The number of hydrogen-bond donors (Lipinski definition) is 3. The van der Waals surface area contributed by atoms with Gasteiger partial charge in [0.2, 0.25) is 0 Å². The summed E-state index contributed by atoms with van der Waals surface area (Å²) >= 11 is 0. The van der Waals surface area contributed by atoms with E-state index in [1.165, 1.54) is 0 Å². The van der Waals surface area contributed by atoms with E-state index in [9.17, 15) is 19.5 Å². The van der Waals surface area contributed by atoms with Crippen molar-refractivity contribution in [2.75, 3.05) is 6.54 Å². The molecule has 1 aliphatic carbocycles. The standard InChI is InChI=1S/C21H28N4O4/c1-11-6-7-16(26)13(9-11)15-5-3-4-8-25(15)20(28)14-10-12(2)17-18(22-14)23-21(29)24-19(17)27/h10-11,13,15-16,26H,3-9H2,1-2H3,(H2,22,23,24,27,29). The molecule has 2 aromatic heterocycles. The number of aryl methyl sites for hydroxylation is 1. The third-order valence-corrected chi connectivity index (χ3v) is 6.55. The average Bonchev–Trinajstić information content (AvgIpc) is 2.68. The molecule has 4 rings (SSSR count). The lowest BCUT2D eigenvalue weighted by atomic mass is 9.74. The number of amides is 1. The number of aliphatic hydroxyl groups is 1. The van der Waals surface area contributed by atoms with E-state index in [1.807, 2.05) is 4.90 Å². The van der Waals surface area contributed by atoms with Crippen molar-refractivity contribution in [1.82, 2.24) is 19.9 Å². The molecule has 1 aliphatic heterocycles. The molecule has 4 unspecified atom stereocenters. The number of nitrogens with one attached hydrogen (secondary N) is 2. The van der Waals surface area contributed by atoms with Gasteiger partial charge in [-0.3, -0.25) is 19.6 Å². The van der Waals surface area contributed by atoms with Crippen LogP contribution in [0.15, 0.2) is 15.7 Å². The Bertz CT molecular complexity index is 1040. The second-order valence-corrected chi connectivity index (χ2v) is 8.67. The van der Waals surface area contributed by atoms with Gasteiger partial charge in [0.1, 0.15) is 11.3 Å². The highest BCUT2D eigenvalue weighted by Gasteiger charge is 2.39. The maximum absolute atomic E-state index is 13.4. The number of H-pyrrole nitrogens is 2. The zero-order valence-electron chi connectivity index (χ0n) is 16.9. The molecule has 8 heteroatoms. The van der Waals surface area contributed by atoms with Crippen molar-refractivity contribution >= 4 is 16.9 Å². The van der Waals surface area contributed by atoms with Gasteiger partial charge in [0, 0.05) is 18.5 Å². The van der Waals surface area contributed by atoms with E-state index in [0.717, 1.165) is 38.5 Å². The van der Waals surface area contributed by atoms with Crippen LogP contribution in [0, 0.1) is 18.8 Å². The Kier molecular flexibility index (Phi) is 5.29. The lowest BCUT2D eigenvalue weighted by molar-refractivity contribution is -0.0122. The molecule has 3 N–H and O–H groups in total. The molecule has 0 bridgehead atoms. The monoisotopic (exact) mass is 400 g/mol. The number of nitrogens with zero attached hydrogens (tertiary/aromatic N) is 2. The lowest BCUT2D eigenvalue weighted by Gasteiger charge is -2.44. The number of aliphatic hydroxyl groups excluding tert-OH is 1. The summed E-state index contributed by atoms with van der Waals surface area (Å²) in [4.78, 5) is 48.0. The Hall–Kier alpha value is -2.48. The molecule has 0 radical (unpaired) electrons. The van der Waals surface area contributed by atoms with Crippen LogP contribution in [0.2, 0.25) is 0 Å². The maximum atomic E-state index is 13.4. The first-order chi connectivity index (χ1) is 13.8. The first-order valence-electron chi connectivity index (χ1n) is 10.5. The topological polar surface area (TPSA) is 119 Å². The summed E-state index contributed by atoms with van der Waals surface area (Å²) in [5.41, 5.74) is -0.212. The average molecular weight is 400 g/mol. The second-order valence-electron chi connectivity index (χ2n) is 8.67. The predicted molar refractivity (Wildman–Crippen MR) is 109 cm³/mol. The Morgan fingerprint density at radius 1 is 1.21 bits per heavy atom. The number of carbonyl (C=O) groups is 1. The van der Waals surface area contributed by atoms with E-state index in [0.29, 0.717) is 18.0 Å². The van der Waals surface area contributed by atoms with Crippen molar-refractivity contribution in [3.05, 3.63) is 38.2 Å². The van der Waals surface area contributed by atoms with E-state index in [-0.39, 0.29) is 40.7 Å². The van der Waals surface area contributed by atoms with Crippen molar-refractivity contribution in [2.45, 2.75) is 64.5 Å². The largest absolute Gasteiger partial charge is 0.393 e. The van der Waals surface area contributed by atoms with Crippen LogP contribution in [0.3, 0.4) is 0 Å². The van der Waals surface area contributed by atoms with Crippen LogP contribution in [0.4, 0.5) is 0 Å². The Balaban J connectivity index is 1.70. The van der Waals surface area contributed by atoms with Gasteiger partial charge in [-0.1, -0.05) is 6.92 Å². The number of fused-ring (bicyclic) bond motifs is 1. The molecule has 1 saturated heterocycles. The van der Waals surface area contributed by atoms with E-state index in [1.54, 1.807) is 13.0 Å². The molecule has 3 heterocycles. The quantitative estimate of drug-likeness (QED) is 0.709. The molecule has 2 aliphatic rings. The normalized spacial score (nSPS) is 27.9. The molecule has 2 aromatic rings. The molecule has 0 spiro atoms. The fraction of sp³-hybridized carbons (Fsp3) is 0.619. The van der Waals surface area contributed by atoms with Crippen LogP contribution in [0.25, 0.3) is 11.0 Å². The van der Waals surface area contributed by atoms with Gasteiger partial charge in [0.15, 0.2) is 0 Å². The molecule has 4 atom stereocenters. The van der Waals surface area contributed by atoms with Gasteiger partial charge in [-0.2, -0.15) is 0 Å². The minimum Gasteiger partial charge on any atom is -0.393 e. The van der Waals surface area contributed by atoms with Gasteiger partial charge in [-0.15, -0.1) is 0 Å². The minimum atomic E-state index is -0.644. The predicted octanol–water partition coefficient (Wildman–Crippen LogP) is 1.71. The van der Waals surface area contributed by atoms with E-state index >= 15 is 0 Å². The molecule has 29 heavy (non-hydrogen) atoms. The first-order valence-corrected chi connectivity index (χ1v) is 10.5. The third kappa shape index (κ3) is 3.73. The number of aromatic nitrogens is 3. The third-order valence-electron chi connectivity index (χ3n) is 6.55. The molecular weight excluding hydrogens is 372 g/mol. The SMILES string of the molecule is Cc1cc(C(=O)N2CCCCC2C2CC(C)CCC2O)nc2[nH]c(=O)[nH]c(=O)c12. The van der Waals surface area contributed by atoms with Crippen LogP contribution >= 0.6 is 0 Å². The van der Waals surface area contributed by atoms with Crippen molar-refractivity contribution in [1.29, 1.82) is 0 Å². The number of pyridine rings is 1. The summed E-state index contributed by atoms with van der Waals surface area (Å²) in [6.45, 7) is 4.57. The number of aromatic amines is 2. The highest BCUT2D eigenvalue weighted by atomic mass is 16.3. The van der Waals surface area contributed by atoms with E-state index < -0.39 is 11.2 Å². The molecule has 8 nitrogen and oxygen atoms in total. The minimum absolute atomic E-state index is 0.00923. The lowest BCUT2D eigenvalue weighted by Crippen LogP contribution is -2.52. The Morgan fingerprint density at radius 3 is 2.79 bits per heavy atom. The van der Waals surface area contributed by atoms with Crippen molar-refractivity contribution in [2.24, 2.45) is 11.8 Å². The van der Waals surface area contributed by atoms with Gasteiger partial charge in [0.25, 0.3) is 11.5 Å². The smallest absolute Gasteiger partial charge is 0.327 e. The Labute approximate surface area is 168 Å². The molecule has 1 amide bonds. The first kappa shape index (κ1) is 19.8. The van der Waals surface area contributed by atoms with Crippen molar-refractivity contribution < 1.29 is 9.90 Å². The van der Waals surface area contributed by atoms with Crippen LogP contribution in [0.1, 0.15) is 61.5 Å². The van der Waals surface area contributed by atoms with Crippen LogP contribution in [-0.2, 0) is 0 Å². The molecule has 0 aromatic carbocycles. The van der Waals surface area contributed by atoms with Crippen molar-refractivity contribution in [3.63, 3.8) is 0 Å². The number of likely N-dealkylation sites (tertiary alicyclic amines) is 1. The summed E-state index contributed by atoms with van der Waals surface area (Å²) in [5, 5.41) is 10.9. The summed E-state index contributed by atoms with van der Waals surface area (Å²) in [7, 11) is 0. The molecule has 2 fully saturated rings. The maximum Gasteiger partial charge on any atom is 0.327 e. The van der Waals surface area contributed by atoms with Crippen molar-refractivity contribution in [3.8, 4) is 0 Å². The van der Waals surface area contributed by atoms with Crippen LogP contribution in [0.5, 0.6) is 0 Å². The van der Waals surface area contributed by atoms with Crippen LogP contribution in [-0.4, -0.2) is 49.6 Å². The van der Waals surface area contributed by atoms with Gasteiger partial charge >= 0.3 is 5.69 Å². The summed E-state index contributed by atoms with van der Waals surface area (Å²) in [6, 6.07) is 1.61. The number of rotatable bonds is 2. The summed E-state index contributed by atoms with van der Waals surface area (Å²) < 4.78 is 0. The zero-order chi connectivity index (χ0) is 20.7. The number of piperidine rings is 1. The number of hydrogen-bond acceptors (Lipinski definition) is 5. The molecule has 156 valence electrons.